The molecule has 1 aromatic rings. The number of amides is 1. The zero-order chi connectivity index (χ0) is 15.1. The van der Waals surface area contributed by atoms with Crippen LogP contribution in [-0.4, -0.2) is 31.1 Å². The first-order chi connectivity index (χ1) is 9.43. The Kier molecular flexibility index (Phi) is 7.01. The van der Waals surface area contributed by atoms with Crippen molar-refractivity contribution in [2.75, 3.05) is 13.2 Å². The van der Waals surface area contributed by atoms with Crippen LogP contribution >= 0.6 is 31.9 Å². The van der Waals surface area contributed by atoms with Crippen LogP contribution in [0.5, 0.6) is 5.75 Å². The summed E-state index contributed by atoms with van der Waals surface area (Å²) in [5.74, 6) is -0.403. The summed E-state index contributed by atoms with van der Waals surface area (Å²) < 4.78 is 11.9. The normalized spacial score (nSPS) is 11.6. The van der Waals surface area contributed by atoms with Crippen molar-refractivity contribution < 1.29 is 19.1 Å². The fourth-order valence-electron chi connectivity index (χ4n) is 1.33. The molecule has 110 valence electrons. The van der Waals surface area contributed by atoms with Gasteiger partial charge in [-0.1, -0.05) is 15.9 Å². The molecule has 0 aliphatic rings. The summed E-state index contributed by atoms with van der Waals surface area (Å²) in [4.78, 5) is 23.0. The molecule has 7 heteroatoms. The van der Waals surface area contributed by atoms with Crippen LogP contribution in [0.4, 0.5) is 0 Å². The maximum Gasteiger partial charge on any atom is 0.344 e. The van der Waals surface area contributed by atoms with E-state index >= 15 is 0 Å². The van der Waals surface area contributed by atoms with Crippen LogP contribution in [0.15, 0.2) is 27.1 Å². The zero-order valence-electron chi connectivity index (χ0n) is 11.1. The van der Waals surface area contributed by atoms with Gasteiger partial charge in [-0.05, 0) is 48.0 Å². The summed E-state index contributed by atoms with van der Waals surface area (Å²) in [6.45, 7) is 3.53. The van der Waals surface area contributed by atoms with E-state index in [1.54, 1.807) is 25.1 Å². The Hall–Kier alpha value is -1.08. The van der Waals surface area contributed by atoms with Crippen molar-refractivity contribution in [3.63, 3.8) is 0 Å². The minimum Gasteiger partial charge on any atom is -0.481 e. The maximum atomic E-state index is 11.6. The molecule has 0 radical (unpaired) electrons. The van der Waals surface area contributed by atoms with Gasteiger partial charge in [-0.15, -0.1) is 0 Å². The molecule has 0 fully saturated rings. The summed E-state index contributed by atoms with van der Waals surface area (Å²) in [7, 11) is 0. The van der Waals surface area contributed by atoms with Gasteiger partial charge in [-0.25, -0.2) is 4.79 Å². The number of hydrogen-bond acceptors (Lipinski definition) is 4. The molecule has 1 aromatic carbocycles. The van der Waals surface area contributed by atoms with Crippen molar-refractivity contribution in [2.45, 2.75) is 20.0 Å². The number of esters is 1. The molecule has 0 aliphatic heterocycles. The SMILES string of the molecule is CCNC(=O)[C@@H](C)OC(=O)COc1ccc(Br)cc1Br. The third-order valence-corrected chi connectivity index (χ3v) is 3.38. The number of benzene rings is 1. The molecular formula is C13H15Br2NO4. The molecule has 0 spiro atoms. The average Bonchev–Trinajstić information content (AvgIpc) is 2.37. The third kappa shape index (κ3) is 5.50. The van der Waals surface area contributed by atoms with E-state index in [0.29, 0.717) is 12.3 Å². The average molecular weight is 409 g/mol. The molecule has 20 heavy (non-hydrogen) atoms. The number of carbonyl (C=O) groups is 2. The van der Waals surface area contributed by atoms with Crippen LogP contribution in [0.25, 0.3) is 0 Å². The molecule has 0 bridgehead atoms. The van der Waals surface area contributed by atoms with Gasteiger partial charge in [-0.3, -0.25) is 4.79 Å². The predicted molar refractivity (Wildman–Crippen MR) is 81.6 cm³/mol. The van der Waals surface area contributed by atoms with E-state index in [4.69, 9.17) is 9.47 Å². The number of ether oxygens (including phenoxy) is 2. The Bertz CT molecular complexity index is 493. The second-order valence-corrected chi connectivity index (χ2v) is 5.66. The van der Waals surface area contributed by atoms with Crippen LogP contribution in [0.3, 0.4) is 0 Å². The van der Waals surface area contributed by atoms with Crippen LogP contribution in [-0.2, 0) is 14.3 Å². The number of likely N-dealkylation sites (N-methyl/N-ethyl adjacent to an activating group) is 1. The lowest BCUT2D eigenvalue weighted by molar-refractivity contribution is -0.156. The molecule has 0 aromatic heterocycles. The van der Waals surface area contributed by atoms with Gasteiger partial charge in [0.15, 0.2) is 12.7 Å². The molecule has 0 saturated heterocycles. The second-order valence-electron chi connectivity index (χ2n) is 3.89. The standard InChI is InChI=1S/C13H15Br2NO4/c1-3-16-13(18)8(2)20-12(17)7-19-11-5-4-9(14)6-10(11)15/h4-6,8H,3,7H2,1-2H3,(H,16,18)/t8-/m1/s1. The fraction of sp³-hybridized carbons (Fsp3) is 0.385. The highest BCUT2D eigenvalue weighted by molar-refractivity contribution is 9.11. The number of halogens is 2. The van der Waals surface area contributed by atoms with Crippen molar-refractivity contribution in [1.82, 2.24) is 5.32 Å². The maximum absolute atomic E-state index is 11.6. The summed E-state index contributed by atoms with van der Waals surface area (Å²) in [5, 5.41) is 2.57. The Morgan fingerprint density at radius 3 is 2.65 bits per heavy atom. The van der Waals surface area contributed by atoms with Crippen LogP contribution < -0.4 is 10.1 Å². The Labute approximate surface area is 134 Å². The summed E-state index contributed by atoms with van der Waals surface area (Å²) >= 11 is 6.64. The Morgan fingerprint density at radius 1 is 1.35 bits per heavy atom. The highest BCUT2D eigenvalue weighted by Crippen LogP contribution is 2.28. The van der Waals surface area contributed by atoms with Gasteiger partial charge in [0.2, 0.25) is 0 Å². The first kappa shape index (κ1) is 17.0. The molecule has 1 rings (SSSR count). The van der Waals surface area contributed by atoms with Crippen molar-refractivity contribution >= 4 is 43.7 Å². The van der Waals surface area contributed by atoms with Crippen LogP contribution in [0, 0.1) is 0 Å². The fourth-order valence-corrected chi connectivity index (χ4v) is 2.49. The second kappa shape index (κ2) is 8.26. The van der Waals surface area contributed by atoms with E-state index in [1.807, 2.05) is 0 Å². The van der Waals surface area contributed by atoms with Gasteiger partial charge in [-0.2, -0.15) is 0 Å². The minimum absolute atomic E-state index is 0.260. The number of nitrogens with one attached hydrogen (secondary N) is 1. The minimum atomic E-state index is -0.834. The zero-order valence-corrected chi connectivity index (χ0v) is 14.3. The third-order valence-electron chi connectivity index (χ3n) is 2.27. The summed E-state index contributed by atoms with van der Waals surface area (Å²) in [5.41, 5.74) is 0. The molecule has 1 amide bonds. The molecule has 0 aliphatic carbocycles. The molecule has 1 N–H and O–H groups in total. The van der Waals surface area contributed by atoms with Gasteiger partial charge in [0.05, 0.1) is 4.47 Å². The molecule has 5 nitrogen and oxygen atoms in total. The van der Waals surface area contributed by atoms with Crippen molar-refractivity contribution in [3.05, 3.63) is 27.1 Å². The molecule has 1 atom stereocenters. The lowest BCUT2D eigenvalue weighted by Gasteiger charge is -2.13. The van der Waals surface area contributed by atoms with Crippen LogP contribution in [0.1, 0.15) is 13.8 Å². The molecule has 0 saturated carbocycles. The van der Waals surface area contributed by atoms with Crippen molar-refractivity contribution in [1.29, 1.82) is 0 Å². The van der Waals surface area contributed by atoms with Crippen molar-refractivity contribution in [3.8, 4) is 5.75 Å². The van der Waals surface area contributed by atoms with E-state index in [0.717, 1.165) is 8.95 Å². The van der Waals surface area contributed by atoms with Gasteiger partial charge in [0.25, 0.3) is 5.91 Å². The number of rotatable bonds is 6. The smallest absolute Gasteiger partial charge is 0.344 e. The first-order valence-corrected chi connectivity index (χ1v) is 7.57. The summed E-state index contributed by atoms with van der Waals surface area (Å²) in [6.07, 6.45) is -0.834. The lowest BCUT2D eigenvalue weighted by atomic mass is 10.3. The van der Waals surface area contributed by atoms with E-state index in [-0.39, 0.29) is 12.5 Å². The van der Waals surface area contributed by atoms with Gasteiger partial charge in [0.1, 0.15) is 5.75 Å². The molecule has 0 unspecified atom stereocenters. The first-order valence-electron chi connectivity index (χ1n) is 5.99. The topological polar surface area (TPSA) is 64.6 Å². The largest absolute Gasteiger partial charge is 0.481 e. The van der Waals surface area contributed by atoms with Gasteiger partial charge in [0, 0.05) is 11.0 Å². The van der Waals surface area contributed by atoms with E-state index < -0.39 is 12.1 Å². The van der Waals surface area contributed by atoms with Crippen LogP contribution in [0.2, 0.25) is 0 Å². The highest BCUT2D eigenvalue weighted by Gasteiger charge is 2.17. The lowest BCUT2D eigenvalue weighted by Crippen LogP contribution is -2.36. The number of hydrogen-bond donors (Lipinski definition) is 1. The van der Waals surface area contributed by atoms with E-state index in [2.05, 4.69) is 37.2 Å². The van der Waals surface area contributed by atoms with E-state index in [9.17, 15) is 9.59 Å². The van der Waals surface area contributed by atoms with Gasteiger partial charge >= 0.3 is 5.97 Å². The highest BCUT2D eigenvalue weighted by atomic mass is 79.9. The molecular weight excluding hydrogens is 394 g/mol. The predicted octanol–water partition coefficient (Wildman–Crippen LogP) is 2.66. The Balaban J connectivity index is 2.45. The van der Waals surface area contributed by atoms with E-state index in [1.165, 1.54) is 6.92 Å². The number of carbonyl (C=O) groups excluding carboxylic acids is 2. The quantitative estimate of drug-likeness (QED) is 0.735. The molecule has 0 heterocycles. The summed E-state index contributed by atoms with van der Waals surface area (Å²) in [6, 6.07) is 5.31. The monoisotopic (exact) mass is 407 g/mol. The Morgan fingerprint density at radius 2 is 2.05 bits per heavy atom. The van der Waals surface area contributed by atoms with Gasteiger partial charge < -0.3 is 14.8 Å². The van der Waals surface area contributed by atoms with Crippen molar-refractivity contribution in [2.24, 2.45) is 0 Å².